The number of rotatable bonds is 7. The number of likely N-dealkylation sites (N-methyl/N-ethyl adjacent to an activating group) is 1. The highest BCUT2D eigenvalue weighted by Gasteiger charge is 2.17. The van der Waals surface area contributed by atoms with Gasteiger partial charge in [-0.1, -0.05) is 0 Å². The van der Waals surface area contributed by atoms with Crippen LogP contribution in [0.1, 0.15) is 19.8 Å². The number of carbonyl (C=O) groups is 1. The lowest BCUT2D eigenvalue weighted by Crippen LogP contribution is -2.42. The predicted octanol–water partition coefficient (Wildman–Crippen LogP) is 0.296. The molecule has 0 aliphatic carbocycles. The molecule has 0 bridgehead atoms. The van der Waals surface area contributed by atoms with E-state index >= 15 is 0 Å². The molecule has 0 spiro atoms. The average molecular weight is 234 g/mol. The first-order chi connectivity index (χ1) is 6.99. The number of hydrogen-bond acceptors (Lipinski definition) is 4. The van der Waals surface area contributed by atoms with Gasteiger partial charge >= 0.3 is 0 Å². The first kappa shape index (κ1) is 14.7. The molecule has 0 aromatic rings. The highest BCUT2D eigenvalue weighted by Crippen LogP contribution is 2.02. The highest BCUT2D eigenvalue weighted by molar-refractivity contribution is 7.98. The van der Waals surface area contributed by atoms with Gasteiger partial charge in [-0.15, -0.1) is 0 Å². The Kier molecular flexibility index (Phi) is 7.82. The van der Waals surface area contributed by atoms with Gasteiger partial charge < -0.3 is 15.7 Å². The molecule has 1 amide bonds. The first-order valence-electron chi connectivity index (χ1n) is 5.16. The number of nitrogens with zero attached hydrogens (tertiary/aromatic N) is 1. The fourth-order valence-electron chi connectivity index (χ4n) is 1.14. The molecule has 0 saturated heterocycles. The number of carbonyl (C=O) groups excluding carboxylic acids is 1. The first-order valence-corrected chi connectivity index (χ1v) is 6.56. The molecular weight excluding hydrogens is 212 g/mol. The van der Waals surface area contributed by atoms with Crippen LogP contribution in [0.2, 0.25) is 0 Å². The molecule has 15 heavy (non-hydrogen) atoms. The molecule has 0 aromatic carbocycles. The third kappa shape index (κ3) is 6.76. The van der Waals surface area contributed by atoms with Crippen LogP contribution >= 0.6 is 11.8 Å². The van der Waals surface area contributed by atoms with Crippen LogP contribution in [0.4, 0.5) is 0 Å². The van der Waals surface area contributed by atoms with E-state index in [1.54, 1.807) is 30.6 Å². The van der Waals surface area contributed by atoms with E-state index in [0.29, 0.717) is 19.4 Å². The number of thioether (sulfide) groups is 1. The monoisotopic (exact) mass is 234 g/mol. The zero-order valence-electron chi connectivity index (χ0n) is 9.77. The summed E-state index contributed by atoms with van der Waals surface area (Å²) in [6.07, 6.45) is 2.92. The van der Waals surface area contributed by atoms with Crippen molar-refractivity contribution in [1.82, 2.24) is 4.90 Å². The zero-order valence-corrected chi connectivity index (χ0v) is 10.6. The van der Waals surface area contributed by atoms with Crippen molar-refractivity contribution in [2.75, 3.05) is 25.6 Å². The molecule has 0 radical (unpaired) electrons. The van der Waals surface area contributed by atoms with Crippen LogP contribution < -0.4 is 5.73 Å². The van der Waals surface area contributed by atoms with E-state index in [9.17, 15) is 4.79 Å². The van der Waals surface area contributed by atoms with Gasteiger partial charge in [0.25, 0.3) is 0 Å². The summed E-state index contributed by atoms with van der Waals surface area (Å²) in [6, 6.07) is -0.406. The second-order valence-corrected chi connectivity index (χ2v) is 4.77. The quantitative estimate of drug-likeness (QED) is 0.665. The summed E-state index contributed by atoms with van der Waals surface area (Å²) in [5.74, 6) is 0.863. The molecular formula is C10H22N2O2S. The number of hydrogen-bond donors (Lipinski definition) is 2. The molecule has 0 fully saturated rings. The molecule has 3 N–H and O–H groups in total. The second kappa shape index (κ2) is 7.96. The Morgan fingerprint density at radius 3 is 2.60 bits per heavy atom. The maximum absolute atomic E-state index is 11.7. The fourth-order valence-corrected chi connectivity index (χ4v) is 1.63. The van der Waals surface area contributed by atoms with Crippen LogP contribution in [0, 0.1) is 0 Å². The van der Waals surface area contributed by atoms with Gasteiger partial charge in [-0.05, 0) is 31.8 Å². The number of amides is 1. The van der Waals surface area contributed by atoms with Crippen LogP contribution in [-0.2, 0) is 4.79 Å². The Morgan fingerprint density at radius 2 is 2.13 bits per heavy atom. The molecule has 90 valence electrons. The van der Waals surface area contributed by atoms with E-state index in [1.807, 2.05) is 6.26 Å². The van der Waals surface area contributed by atoms with Crippen molar-refractivity contribution in [3.8, 4) is 0 Å². The predicted molar refractivity (Wildman–Crippen MR) is 64.9 cm³/mol. The zero-order chi connectivity index (χ0) is 11.8. The third-order valence-electron chi connectivity index (χ3n) is 2.21. The SMILES string of the molecule is CSCC[C@H](N)C(=O)N(C)CCC(C)O. The van der Waals surface area contributed by atoms with Gasteiger partial charge in [0, 0.05) is 13.6 Å². The van der Waals surface area contributed by atoms with E-state index in [4.69, 9.17) is 10.8 Å². The minimum atomic E-state index is -0.406. The van der Waals surface area contributed by atoms with Crippen LogP contribution in [0.15, 0.2) is 0 Å². The fraction of sp³-hybridized carbons (Fsp3) is 0.900. The Balaban J connectivity index is 3.85. The molecule has 1 unspecified atom stereocenters. The van der Waals surface area contributed by atoms with Gasteiger partial charge in [-0.25, -0.2) is 0 Å². The standard InChI is InChI=1S/C10H22N2O2S/c1-8(13)4-6-12(2)10(14)9(11)5-7-15-3/h8-9,13H,4-7,11H2,1-3H3/t8?,9-/m0/s1. The average Bonchev–Trinajstić information content (AvgIpc) is 2.21. The summed E-state index contributed by atoms with van der Waals surface area (Å²) in [6.45, 7) is 2.27. The summed E-state index contributed by atoms with van der Waals surface area (Å²) < 4.78 is 0. The lowest BCUT2D eigenvalue weighted by molar-refractivity contribution is -0.131. The summed E-state index contributed by atoms with van der Waals surface area (Å²) in [7, 11) is 1.73. The van der Waals surface area contributed by atoms with Crippen LogP contribution in [0.25, 0.3) is 0 Å². The van der Waals surface area contributed by atoms with Gasteiger partial charge in [-0.3, -0.25) is 4.79 Å². The van der Waals surface area contributed by atoms with Crippen molar-refractivity contribution >= 4 is 17.7 Å². The van der Waals surface area contributed by atoms with Crippen molar-refractivity contribution in [1.29, 1.82) is 0 Å². The molecule has 0 aliphatic heterocycles. The minimum Gasteiger partial charge on any atom is -0.393 e. The number of aliphatic hydroxyl groups is 1. The van der Waals surface area contributed by atoms with Gasteiger partial charge in [0.15, 0.2) is 0 Å². The maximum Gasteiger partial charge on any atom is 0.239 e. The molecule has 2 atom stereocenters. The lowest BCUT2D eigenvalue weighted by Gasteiger charge is -2.21. The van der Waals surface area contributed by atoms with Gasteiger partial charge in [0.1, 0.15) is 0 Å². The van der Waals surface area contributed by atoms with E-state index in [1.165, 1.54) is 0 Å². The third-order valence-corrected chi connectivity index (χ3v) is 2.85. The van der Waals surface area contributed by atoms with E-state index < -0.39 is 6.04 Å². The summed E-state index contributed by atoms with van der Waals surface area (Å²) >= 11 is 1.69. The molecule has 0 heterocycles. The summed E-state index contributed by atoms with van der Waals surface area (Å²) in [5.41, 5.74) is 5.74. The number of aliphatic hydroxyl groups excluding tert-OH is 1. The molecule has 4 nitrogen and oxygen atoms in total. The Hall–Kier alpha value is -0.260. The summed E-state index contributed by atoms with van der Waals surface area (Å²) in [4.78, 5) is 13.3. The topological polar surface area (TPSA) is 66.6 Å². The largest absolute Gasteiger partial charge is 0.393 e. The Labute approximate surface area is 96.2 Å². The second-order valence-electron chi connectivity index (χ2n) is 3.79. The van der Waals surface area contributed by atoms with Crippen LogP contribution in [-0.4, -0.2) is 53.7 Å². The van der Waals surface area contributed by atoms with E-state index in [2.05, 4.69) is 0 Å². The van der Waals surface area contributed by atoms with Crippen molar-refractivity contribution in [3.63, 3.8) is 0 Å². The Morgan fingerprint density at radius 1 is 1.53 bits per heavy atom. The minimum absolute atomic E-state index is 0.0373. The maximum atomic E-state index is 11.7. The summed E-state index contributed by atoms with van der Waals surface area (Å²) in [5, 5.41) is 9.09. The van der Waals surface area contributed by atoms with E-state index in [0.717, 1.165) is 5.75 Å². The highest BCUT2D eigenvalue weighted by atomic mass is 32.2. The van der Waals surface area contributed by atoms with Crippen LogP contribution in [0.3, 0.4) is 0 Å². The molecule has 5 heteroatoms. The molecule has 0 saturated carbocycles. The van der Waals surface area contributed by atoms with Gasteiger partial charge in [0.2, 0.25) is 5.91 Å². The van der Waals surface area contributed by atoms with E-state index in [-0.39, 0.29) is 12.0 Å². The van der Waals surface area contributed by atoms with Gasteiger partial charge in [-0.2, -0.15) is 11.8 Å². The normalized spacial score (nSPS) is 14.7. The molecule has 0 rings (SSSR count). The molecule has 0 aliphatic rings. The van der Waals surface area contributed by atoms with Crippen molar-refractivity contribution in [3.05, 3.63) is 0 Å². The molecule has 0 aromatic heterocycles. The van der Waals surface area contributed by atoms with Crippen molar-refractivity contribution in [2.45, 2.75) is 31.9 Å². The number of nitrogens with two attached hydrogens (primary N) is 1. The Bertz CT molecular complexity index is 188. The smallest absolute Gasteiger partial charge is 0.239 e. The van der Waals surface area contributed by atoms with Crippen LogP contribution in [0.5, 0.6) is 0 Å². The van der Waals surface area contributed by atoms with Gasteiger partial charge in [0.05, 0.1) is 12.1 Å². The van der Waals surface area contributed by atoms with Crippen molar-refractivity contribution < 1.29 is 9.90 Å². The van der Waals surface area contributed by atoms with Crippen molar-refractivity contribution in [2.24, 2.45) is 5.73 Å². The lowest BCUT2D eigenvalue weighted by atomic mass is 10.2.